The van der Waals surface area contributed by atoms with Crippen LogP contribution in [0.15, 0.2) is 146 Å². The highest BCUT2D eigenvalue weighted by molar-refractivity contribution is 5.98. The highest BCUT2D eigenvalue weighted by atomic mass is 16.3. The largest absolute Gasteiger partial charge is 0.507 e. The van der Waals surface area contributed by atoms with Crippen molar-refractivity contribution in [3.63, 3.8) is 0 Å². The molecule has 0 aliphatic rings. The zero-order valence-electron chi connectivity index (χ0n) is 43.6. The summed E-state index contributed by atoms with van der Waals surface area (Å²) in [7, 11) is 0. The minimum atomic E-state index is -3.48. The molecule has 0 bridgehead atoms. The first-order valence-electron chi connectivity index (χ1n) is 24.5. The maximum Gasteiger partial charge on any atom is 0.149 e. The summed E-state index contributed by atoms with van der Waals surface area (Å²) in [6.45, 7) is 4.18. The molecule has 0 unspecified atom stereocenters. The highest BCUT2D eigenvalue weighted by Crippen LogP contribution is 2.44. The molecule has 0 saturated carbocycles. The summed E-state index contributed by atoms with van der Waals surface area (Å²) in [5, 5.41) is 12.1. The first-order chi connectivity index (χ1) is 31.7. The molecule has 6 aromatic carbocycles. The van der Waals surface area contributed by atoms with Crippen LogP contribution in [0.4, 0.5) is 0 Å². The van der Waals surface area contributed by atoms with E-state index in [-0.39, 0.29) is 22.1 Å². The van der Waals surface area contributed by atoms with Crippen molar-refractivity contribution in [3.05, 3.63) is 168 Å². The average Bonchev–Trinajstić information content (AvgIpc) is 3.65. The normalized spacial score (nSPS) is 15.2. The fraction of sp³-hybridized carbons (Fsp3) is 0.236. The topological polar surface area (TPSA) is 50.9 Å². The number of imidazole rings is 1. The van der Waals surface area contributed by atoms with Gasteiger partial charge in [0, 0.05) is 35.2 Å². The average molecular weight is 783 g/mol. The Balaban J connectivity index is 1.48. The molecule has 296 valence electrons. The molecule has 0 fully saturated rings. The van der Waals surface area contributed by atoms with Crippen molar-refractivity contribution in [2.75, 3.05) is 0 Å². The molecule has 0 aliphatic carbocycles. The number of rotatable bonds is 6. The van der Waals surface area contributed by atoms with Gasteiger partial charge in [-0.15, -0.1) is 0 Å². The lowest BCUT2D eigenvalue weighted by Crippen LogP contribution is -2.13. The van der Waals surface area contributed by atoms with Gasteiger partial charge in [-0.25, -0.2) is 4.98 Å². The van der Waals surface area contributed by atoms with Gasteiger partial charge in [-0.2, -0.15) is 0 Å². The van der Waals surface area contributed by atoms with Gasteiger partial charge in [-0.1, -0.05) is 153 Å². The molecule has 0 saturated heterocycles. The summed E-state index contributed by atoms with van der Waals surface area (Å²) >= 11 is 0. The van der Waals surface area contributed by atoms with E-state index in [0.717, 1.165) is 44.6 Å². The predicted octanol–water partition coefficient (Wildman–Crippen LogP) is 14.7. The van der Waals surface area contributed by atoms with Crippen LogP contribution in [-0.2, 0) is 16.2 Å². The number of para-hydroxylation sites is 1. The fourth-order valence-electron chi connectivity index (χ4n) is 7.72. The first kappa shape index (κ1) is 29.9. The third kappa shape index (κ3) is 7.72. The lowest BCUT2D eigenvalue weighted by molar-refractivity contribution is 0.471. The van der Waals surface area contributed by atoms with E-state index in [0.29, 0.717) is 44.8 Å². The third-order valence-electron chi connectivity index (χ3n) is 11.1. The SMILES string of the molecule is [2H]C([2H])([2H])C(c1ccc(-n2c(-c3cc(C(C)(C)C)cc(C)c3O)nc3c(-c4cc(-c5cc(-c6ccccc6)ccn5)cc(C(C)(C)C)c4)cccc32)c(-c2ccccc2)c1)(C([2H])([2H])[2H])C([2H])([2H])[2H]. The van der Waals surface area contributed by atoms with Crippen LogP contribution in [-0.4, -0.2) is 19.6 Å². The Bertz CT molecular complexity index is 3140. The number of hydrogen-bond donors (Lipinski definition) is 1. The van der Waals surface area contributed by atoms with Crippen LogP contribution in [0, 0.1) is 6.92 Å². The van der Waals surface area contributed by atoms with Gasteiger partial charge in [0.2, 0.25) is 0 Å². The number of aromatic hydroxyl groups is 1. The van der Waals surface area contributed by atoms with Gasteiger partial charge in [0.25, 0.3) is 0 Å². The zero-order valence-corrected chi connectivity index (χ0v) is 34.6. The number of phenols is 1. The smallest absolute Gasteiger partial charge is 0.149 e. The van der Waals surface area contributed by atoms with Crippen LogP contribution < -0.4 is 0 Å². The van der Waals surface area contributed by atoms with Crippen LogP contribution >= 0.6 is 0 Å². The monoisotopic (exact) mass is 782 g/mol. The highest BCUT2D eigenvalue weighted by Gasteiger charge is 2.27. The van der Waals surface area contributed by atoms with Crippen LogP contribution in [0.2, 0.25) is 0 Å². The van der Waals surface area contributed by atoms with Crippen molar-refractivity contribution >= 4 is 11.0 Å². The summed E-state index contributed by atoms with van der Waals surface area (Å²) in [6.07, 6.45) is 1.82. The molecule has 0 atom stereocenters. The first-order valence-corrected chi connectivity index (χ1v) is 20.0. The predicted molar refractivity (Wildman–Crippen MR) is 249 cm³/mol. The molecule has 0 aliphatic heterocycles. The Morgan fingerprint density at radius 3 is 1.85 bits per heavy atom. The van der Waals surface area contributed by atoms with Gasteiger partial charge in [-0.05, 0) is 116 Å². The lowest BCUT2D eigenvalue weighted by Gasteiger charge is -2.24. The zero-order chi connectivity index (χ0) is 49.4. The van der Waals surface area contributed by atoms with Crippen molar-refractivity contribution in [2.24, 2.45) is 0 Å². The van der Waals surface area contributed by atoms with Crippen LogP contribution in [0.25, 0.3) is 72.7 Å². The van der Waals surface area contributed by atoms with Crippen molar-refractivity contribution < 1.29 is 17.4 Å². The minimum absolute atomic E-state index is 0.0154. The molecule has 4 nitrogen and oxygen atoms in total. The fourth-order valence-corrected chi connectivity index (χ4v) is 7.72. The van der Waals surface area contributed by atoms with Gasteiger partial charge in [0.1, 0.15) is 11.6 Å². The Morgan fingerprint density at radius 1 is 0.525 bits per heavy atom. The van der Waals surface area contributed by atoms with E-state index < -0.39 is 26.0 Å². The maximum atomic E-state index is 12.1. The molecule has 0 amide bonds. The summed E-state index contributed by atoms with van der Waals surface area (Å²) in [5.41, 5.74) is 6.96. The summed E-state index contributed by atoms with van der Waals surface area (Å²) in [4.78, 5) is 10.3. The number of aromatic nitrogens is 3. The van der Waals surface area contributed by atoms with Crippen molar-refractivity contribution in [2.45, 2.75) is 85.3 Å². The number of nitrogens with zero attached hydrogens (tertiary/aromatic N) is 3. The van der Waals surface area contributed by atoms with Crippen LogP contribution in [0.5, 0.6) is 5.75 Å². The molecule has 2 heterocycles. The molecular weight excluding hydrogens is 719 g/mol. The molecular formula is C55H55N3O. The molecule has 2 aromatic heterocycles. The lowest BCUT2D eigenvalue weighted by atomic mass is 9.83. The summed E-state index contributed by atoms with van der Waals surface area (Å²) in [6, 6.07) is 43.8. The van der Waals surface area contributed by atoms with E-state index in [1.54, 1.807) is 30.3 Å². The van der Waals surface area contributed by atoms with E-state index in [9.17, 15) is 5.11 Å². The van der Waals surface area contributed by atoms with Gasteiger partial charge in [-0.3, -0.25) is 9.55 Å². The number of pyridine rings is 1. The van der Waals surface area contributed by atoms with E-state index in [1.165, 1.54) is 12.1 Å². The van der Waals surface area contributed by atoms with E-state index in [2.05, 4.69) is 77.9 Å². The number of hydrogen-bond acceptors (Lipinski definition) is 3. The van der Waals surface area contributed by atoms with Gasteiger partial charge in [0.15, 0.2) is 0 Å². The minimum Gasteiger partial charge on any atom is -0.507 e. The Kier molecular flexibility index (Phi) is 7.52. The number of aryl methyl sites for hydroxylation is 1. The maximum absolute atomic E-state index is 12.1. The number of phenolic OH excluding ortho intramolecular Hbond substituents is 1. The molecule has 8 aromatic rings. The van der Waals surface area contributed by atoms with Gasteiger partial charge in [0.05, 0.1) is 28.0 Å². The van der Waals surface area contributed by atoms with E-state index in [4.69, 9.17) is 22.3 Å². The Morgan fingerprint density at radius 2 is 1.17 bits per heavy atom. The number of benzene rings is 6. The van der Waals surface area contributed by atoms with Crippen molar-refractivity contribution in [1.82, 2.24) is 14.5 Å². The molecule has 59 heavy (non-hydrogen) atoms. The molecule has 1 N–H and O–H groups in total. The molecule has 0 spiro atoms. The van der Waals surface area contributed by atoms with Crippen molar-refractivity contribution in [1.29, 1.82) is 0 Å². The van der Waals surface area contributed by atoms with Crippen LogP contribution in [0.3, 0.4) is 0 Å². The molecule has 4 heteroatoms. The third-order valence-corrected chi connectivity index (χ3v) is 11.1. The Labute approximate surface area is 362 Å². The quantitative estimate of drug-likeness (QED) is 0.183. The standard InChI is InChI=1S/C55H55N3O/c1-35-28-42(54(5,6)7)34-46(51(35)59)52-57-50-44(22-17-23-49(50)58(52)48-25-24-41(53(2,3)4)33-45(48)37-20-15-12-16-21-37)39-29-40(31-43(30-39)55(8,9)10)47-32-38(26-27-56-47)36-18-13-11-14-19-36/h11-34,59H,1-10H3/i2D3,3D3,4D3. The second-order valence-corrected chi connectivity index (χ2v) is 17.6. The van der Waals surface area contributed by atoms with E-state index in [1.807, 2.05) is 78.4 Å². The van der Waals surface area contributed by atoms with E-state index >= 15 is 0 Å². The van der Waals surface area contributed by atoms with Gasteiger partial charge >= 0.3 is 0 Å². The number of fused-ring (bicyclic) bond motifs is 1. The molecule has 0 radical (unpaired) electrons. The summed E-state index contributed by atoms with van der Waals surface area (Å²) in [5.74, 6) is 0.379. The van der Waals surface area contributed by atoms with Gasteiger partial charge < -0.3 is 5.11 Å². The second kappa shape index (κ2) is 14.8. The van der Waals surface area contributed by atoms with Crippen LogP contribution in [0.1, 0.15) is 96.7 Å². The Hall–Kier alpha value is -6.26. The summed E-state index contributed by atoms with van der Waals surface area (Å²) < 4.78 is 79.0. The second-order valence-electron chi connectivity index (χ2n) is 17.6. The molecule has 8 rings (SSSR count). The van der Waals surface area contributed by atoms with Crippen molar-refractivity contribution in [3.8, 4) is 67.5 Å².